The predicted molar refractivity (Wildman–Crippen MR) is 115 cm³/mol. The third-order valence-electron chi connectivity index (χ3n) is 5.75. The van der Waals surface area contributed by atoms with E-state index in [0.717, 1.165) is 0 Å². The molecule has 2 aliphatic heterocycles. The first-order chi connectivity index (χ1) is 15.6. The highest BCUT2D eigenvalue weighted by Crippen LogP contribution is 2.18. The van der Waals surface area contributed by atoms with Gasteiger partial charge in [0, 0.05) is 57.2 Å². The van der Waals surface area contributed by atoms with Crippen molar-refractivity contribution in [1.29, 1.82) is 0 Å². The average molecular weight is 442 g/mol. The van der Waals surface area contributed by atoms with Crippen LogP contribution < -0.4 is 4.74 Å². The fourth-order valence-electron chi connectivity index (χ4n) is 3.98. The first-order valence-electron chi connectivity index (χ1n) is 10.8. The topological polar surface area (TPSA) is 75.2 Å². The number of amides is 2. The molecule has 32 heavy (non-hydrogen) atoms. The van der Waals surface area contributed by atoms with Gasteiger partial charge in [0.2, 0.25) is 5.91 Å². The lowest BCUT2D eigenvalue weighted by molar-refractivity contribution is -0.142. The molecule has 0 saturated carbocycles. The highest BCUT2D eigenvalue weighted by molar-refractivity contribution is 5.97. The van der Waals surface area contributed by atoms with Gasteiger partial charge in [-0.2, -0.15) is 0 Å². The summed E-state index contributed by atoms with van der Waals surface area (Å²) in [6.07, 6.45) is 3.16. The third kappa shape index (κ3) is 5.41. The molecule has 2 saturated heterocycles. The molecular formula is C23H27FN4O4. The highest BCUT2D eigenvalue weighted by atomic mass is 19.1. The van der Waals surface area contributed by atoms with E-state index in [2.05, 4.69) is 9.88 Å². The number of morpholine rings is 1. The Hall–Kier alpha value is -3.04. The van der Waals surface area contributed by atoms with Crippen LogP contribution in [0, 0.1) is 5.82 Å². The van der Waals surface area contributed by atoms with Crippen LogP contribution in [0.4, 0.5) is 4.39 Å². The number of halogens is 1. The summed E-state index contributed by atoms with van der Waals surface area (Å²) in [4.78, 5) is 36.1. The van der Waals surface area contributed by atoms with Gasteiger partial charge >= 0.3 is 0 Å². The normalized spacial score (nSPS) is 19.6. The first-order valence-corrected chi connectivity index (χ1v) is 10.8. The Labute approximate surface area is 186 Å². The van der Waals surface area contributed by atoms with Crippen molar-refractivity contribution in [1.82, 2.24) is 19.7 Å². The molecule has 8 nitrogen and oxygen atoms in total. The molecule has 0 bridgehead atoms. The number of benzene rings is 1. The number of rotatable bonds is 6. The van der Waals surface area contributed by atoms with Crippen molar-refractivity contribution in [3.8, 4) is 5.75 Å². The number of hydrogen-bond donors (Lipinski definition) is 0. The molecule has 2 fully saturated rings. The lowest BCUT2D eigenvalue weighted by Gasteiger charge is -2.42. The Balaban J connectivity index is 1.42. The number of pyridine rings is 1. The minimum atomic E-state index is -0.576. The number of carbonyl (C=O) groups excluding carboxylic acids is 2. The maximum Gasteiger partial charge on any atom is 0.254 e. The van der Waals surface area contributed by atoms with Crippen LogP contribution in [-0.2, 0) is 9.53 Å². The number of piperazine rings is 1. The van der Waals surface area contributed by atoms with Gasteiger partial charge in [0.25, 0.3) is 5.91 Å². The lowest BCUT2D eigenvalue weighted by Crippen LogP contribution is -2.62. The minimum absolute atomic E-state index is 0.0557. The van der Waals surface area contributed by atoms with Gasteiger partial charge < -0.3 is 19.3 Å². The Morgan fingerprint density at radius 1 is 1.03 bits per heavy atom. The van der Waals surface area contributed by atoms with E-state index in [1.807, 2.05) is 0 Å². The second kappa shape index (κ2) is 10.5. The number of ether oxygens (including phenoxy) is 2. The van der Waals surface area contributed by atoms with Crippen LogP contribution in [0.25, 0.3) is 0 Å². The molecule has 1 aromatic heterocycles. The average Bonchev–Trinajstić information content (AvgIpc) is 2.85. The minimum Gasteiger partial charge on any atom is -0.492 e. The molecular weight excluding hydrogens is 415 g/mol. The Bertz CT molecular complexity index is 906. The molecule has 1 unspecified atom stereocenters. The van der Waals surface area contributed by atoms with Crippen LogP contribution in [0.1, 0.15) is 10.4 Å². The van der Waals surface area contributed by atoms with Gasteiger partial charge in [0.15, 0.2) is 0 Å². The van der Waals surface area contributed by atoms with E-state index in [0.29, 0.717) is 70.4 Å². The van der Waals surface area contributed by atoms with Crippen LogP contribution in [0.15, 0.2) is 48.8 Å². The Kier molecular flexibility index (Phi) is 7.28. The van der Waals surface area contributed by atoms with Gasteiger partial charge in [-0.05, 0) is 36.4 Å². The van der Waals surface area contributed by atoms with Crippen LogP contribution in [0.3, 0.4) is 0 Å². The fourth-order valence-corrected chi connectivity index (χ4v) is 3.98. The summed E-state index contributed by atoms with van der Waals surface area (Å²) in [5, 5.41) is 0. The monoisotopic (exact) mass is 442 g/mol. The zero-order chi connectivity index (χ0) is 22.3. The SMILES string of the molecule is O=C(C1CN(CCOc2ccc(F)cc2)CCN1C(=O)c1ccncc1)N1CCOCC1. The molecule has 3 heterocycles. The van der Waals surface area contributed by atoms with Crippen molar-refractivity contribution in [2.45, 2.75) is 6.04 Å². The number of aromatic nitrogens is 1. The molecule has 0 aliphatic carbocycles. The van der Waals surface area contributed by atoms with E-state index in [1.165, 1.54) is 12.1 Å². The Morgan fingerprint density at radius 2 is 1.75 bits per heavy atom. The van der Waals surface area contributed by atoms with E-state index in [4.69, 9.17) is 9.47 Å². The van der Waals surface area contributed by atoms with Crippen LogP contribution in [0.2, 0.25) is 0 Å². The van der Waals surface area contributed by atoms with E-state index in [1.54, 1.807) is 46.5 Å². The molecule has 2 aromatic rings. The summed E-state index contributed by atoms with van der Waals surface area (Å²) in [5.41, 5.74) is 0.521. The van der Waals surface area contributed by atoms with Crippen LogP contribution >= 0.6 is 0 Å². The van der Waals surface area contributed by atoms with Gasteiger partial charge in [-0.1, -0.05) is 0 Å². The maximum absolute atomic E-state index is 13.3. The maximum atomic E-state index is 13.3. The summed E-state index contributed by atoms with van der Waals surface area (Å²) >= 11 is 0. The largest absolute Gasteiger partial charge is 0.492 e. The van der Waals surface area contributed by atoms with E-state index in [-0.39, 0.29) is 17.6 Å². The van der Waals surface area contributed by atoms with Gasteiger partial charge in [-0.3, -0.25) is 19.5 Å². The molecule has 0 radical (unpaired) electrons. The number of nitrogens with zero attached hydrogens (tertiary/aromatic N) is 4. The van der Waals surface area contributed by atoms with E-state index < -0.39 is 6.04 Å². The second-order valence-electron chi connectivity index (χ2n) is 7.79. The quantitative estimate of drug-likeness (QED) is 0.671. The zero-order valence-electron chi connectivity index (χ0n) is 17.9. The summed E-state index contributed by atoms with van der Waals surface area (Å²) in [6, 6.07) is 8.65. The van der Waals surface area contributed by atoms with Crippen molar-refractivity contribution in [2.75, 3.05) is 59.1 Å². The van der Waals surface area contributed by atoms with E-state index >= 15 is 0 Å². The van der Waals surface area contributed by atoms with Gasteiger partial charge in [0.05, 0.1) is 13.2 Å². The summed E-state index contributed by atoms with van der Waals surface area (Å²) in [5.74, 6) is 0.0664. The highest BCUT2D eigenvalue weighted by Gasteiger charge is 2.38. The number of hydrogen-bond acceptors (Lipinski definition) is 6. The fraction of sp³-hybridized carbons (Fsp3) is 0.435. The predicted octanol–water partition coefficient (Wildman–Crippen LogP) is 1.28. The molecule has 1 aromatic carbocycles. The second-order valence-corrected chi connectivity index (χ2v) is 7.79. The lowest BCUT2D eigenvalue weighted by atomic mass is 10.1. The molecule has 9 heteroatoms. The van der Waals surface area contributed by atoms with Crippen molar-refractivity contribution in [3.63, 3.8) is 0 Å². The summed E-state index contributed by atoms with van der Waals surface area (Å²) in [7, 11) is 0. The molecule has 2 amide bonds. The van der Waals surface area contributed by atoms with E-state index in [9.17, 15) is 14.0 Å². The van der Waals surface area contributed by atoms with Crippen molar-refractivity contribution < 1.29 is 23.5 Å². The summed E-state index contributed by atoms with van der Waals surface area (Å²) < 4.78 is 24.1. The molecule has 2 aliphatic rings. The summed E-state index contributed by atoms with van der Waals surface area (Å²) in [6.45, 7) is 4.58. The standard InChI is InChI=1S/C23H27FN4O4/c24-19-1-3-20(4-2-19)32-16-11-26-9-10-28(22(29)18-5-7-25-8-6-18)21(17-26)23(30)27-12-14-31-15-13-27/h1-8,21H,9-17H2. The van der Waals surface area contributed by atoms with Crippen LogP contribution in [-0.4, -0.2) is 96.6 Å². The zero-order valence-corrected chi connectivity index (χ0v) is 17.9. The van der Waals surface area contributed by atoms with Crippen molar-refractivity contribution >= 4 is 11.8 Å². The van der Waals surface area contributed by atoms with Crippen molar-refractivity contribution in [2.24, 2.45) is 0 Å². The first kappa shape index (κ1) is 22.2. The third-order valence-corrected chi connectivity index (χ3v) is 5.75. The van der Waals surface area contributed by atoms with Crippen molar-refractivity contribution in [3.05, 3.63) is 60.2 Å². The van der Waals surface area contributed by atoms with Crippen LogP contribution in [0.5, 0.6) is 5.75 Å². The molecule has 1 atom stereocenters. The molecule has 170 valence electrons. The molecule has 0 N–H and O–H groups in total. The number of carbonyl (C=O) groups is 2. The molecule has 0 spiro atoms. The molecule has 4 rings (SSSR count). The van der Waals surface area contributed by atoms with Gasteiger partial charge in [-0.15, -0.1) is 0 Å². The van der Waals surface area contributed by atoms with Gasteiger partial charge in [0.1, 0.15) is 24.2 Å². The smallest absolute Gasteiger partial charge is 0.254 e. The Morgan fingerprint density at radius 3 is 2.47 bits per heavy atom. The van der Waals surface area contributed by atoms with Gasteiger partial charge in [-0.25, -0.2) is 4.39 Å².